The van der Waals surface area contributed by atoms with Crippen molar-refractivity contribution in [2.24, 2.45) is 5.41 Å². The molecule has 2 rings (SSSR count). The molecule has 2 unspecified atom stereocenters. The van der Waals surface area contributed by atoms with Crippen molar-refractivity contribution in [2.45, 2.75) is 50.7 Å². The van der Waals surface area contributed by atoms with Crippen LogP contribution in [0.3, 0.4) is 0 Å². The zero-order chi connectivity index (χ0) is 13.2. The molecule has 1 N–H and O–H groups in total. The molecule has 2 atom stereocenters. The second-order valence-electron chi connectivity index (χ2n) is 6.13. The van der Waals surface area contributed by atoms with Crippen molar-refractivity contribution in [3.8, 4) is 0 Å². The van der Waals surface area contributed by atoms with Crippen LogP contribution in [0.4, 0.5) is 0 Å². The molecule has 0 aromatic heterocycles. The molecule has 0 heterocycles. The summed E-state index contributed by atoms with van der Waals surface area (Å²) in [5.41, 5.74) is 3.27. The highest BCUT2D eigenvalue weighted by molar-refractivity contribution is 7.99. The maximum Gasteiger partial charge on any atom is 0.0234 e. The summed E-state index contributed by atoms with van der Waals surface area (Å²) in [6.07, 6.45) is 2.68. The first kappa shape index (κ1) is 14.0. The van der Waals surface area contributed by atoms with Crippen LogP contribution in [0.25, 0.3) is 0 Å². The minimum atomic E-state index is 0.443. The molecule has 1 aliphatic rings. The SMILES string of the molecule is CNC1C(SCc2cccc(C)c2)CCC1(C)C. The lowest BCUT2D eigenvalue weighted by atomic mass is 9.87. The normalized spacial score (nSPS) is 26.4. The second kappa shape index (κ2) is 5.66. The van der Waals surface area contributed by atoms with Crippen LogP contribution in [0.2, 0.25) is 0 Å². The summed E-state index contributed by atoms with van der Waals surface area (Å²) in [6.45, 7) is 6.95. The number of thioether (sulfide) groups is 1. The van der Waals surface area contributed by atoms with Gasteiger partial charge in [0.15, 0.2) is 0 Å². The van der Waals surface area contributed by atoms with Crippen LogP contribution in [-0.4, -0.2) is 18.3 Å². The largest absolute Gasteiger partial charge is 0.315 e. The molecule has 1 aliphatic carbocycles. The maximum absolute atomic E-state index is 3.53. The van der Waals surface area contributed by atoms with E-state index in [2.05, 4.69) is 69.2 Å². The number of rotatable bonds is 4. The van der Waals surface area contributed by atoms with E-state index in [9.17, 15) is 0 Å². The van der Waals surface area contributed by atoms with Gasteiger partial charge in [-0.15, -0.1) is 0 Å². The Bertz CT molecular complexity index is 400. The van der Waals surface area contributed by atoms with Crippen molar-refractivity contribution in [1.29, 1.82) is 0 Å². The zero-order valence-electron chi connectivity index (χ0n) is 12.0. The molecule has 0 aliphatic heterocycles. The Morgan fingerprint density at radius 3 is 2.83 bits per heavy atom. The van der Waals surface area contributed by atoms with Crippen LogP contribution in [0.5, 0.6) is 0 Å². The fraction of sp³-hybridized carbons (Fsp3) is 0.625. The predicted octanol–water partition coefficient (Wildman–Crippen LogP) is 4.00. The van der Waals surface area contributed by atoms with E-state index in [-0.39, 0.29) is 0 Å². The van der Waals surface area contributed by atoms with Gasteiger partial charge in [0, 0.05) is 17.0 Å². The molecular weight excluding hydrogens is 238 g/mol. The minimum Gasteiger partial charge on any atom is -0.315 e. The molecule has 0 bridgehead atoms. The molecule has 2 heteroatoms. The molecular formula is C16H25NS. The Morgan fingerprint density at radius 1 is 1.39 bits per heavy atom. The number of nitrogens with one attached hydrogen (secondary N) is 1. The van der Waals surface area contributed by atoms with Crippen molar-refractivity contribution in [1.82, 2.24) is 5.32 Å². The molecule has 1 aromatic carbocycles. The number of benzene rings is 1. The fourth-order valence-electron chi connectivity index (χ4n) is 3.10. The molecule has 1 nitrogen and oxygen atoms in total. The third-order valence-electron chi connectivity index (χ3n) is 4.14. The van der Waals surface area contributed by atoms with Gasteiger partial charge in [0.25, 0.3) is 0 Å². The van der Waals surface area contributed by atoms with Gasteiger partial charge < -0.3 is 5.32 Å². The van der Waals surface area contributed by atoms with E-state index in [0.29, 0.717) is 11.5 Å². The Morgan fingerprint density at radius 2 is 2.17 bits per heavy atom. The van der Waals surface area contributed by atoms with Gasteiger partial charge in [0.1, 0.15) is 0 Å². The molecule has 1 aromatic rings. The predicted molar refractivity (Wildman–Crippen MR) is 82.1 cm³/mol. The van der Waals surface area contributed by atoms with Crippen LogP contribution in [0, 0.1) is 12.3 Å². The smallest absolute Gasteiger partial charge is 0.0234 e. The molecule has 0 radical (unpaired) electrons. The van der Waals surface area contributed by atoms with Gasteiger partial charge in [0.2, 0.25) is 0 Å². The first-order chi connectivity index (χ1) is 8.53. The molecule has 1 fully saturated rings. The summed E-state index contributed by atoms with van der Waals surface area (Å²) in [5, 5.41) is 4.29. The molecule has 0 spiro atoms. The summed E-state index contributed by atoms with van der Waals surface area (Å²) < 4.78 is 0. The van der Waals surface area contributed by atoms with Gasteiger partial charge in [0.05, 0.1) is 0 Å². The van der Waals surface area contributed by atoms with Crippen molar-refractivity contribution < 1.29 is 0 Å². The van der Waals surface area contributed by atoms with E-state index in [4.69, 9.17) is 0 Å². The third-order valence-corrected chi connectivity index (χ3v) is 5.58. The van der Waals surface area contributed by atoms with E-state index in [1.807, 2.05) is 0 Å². The van der Waals surface area contributed by atoms with Crippen molar-refractivity contribution in [3.05, 3.63) is 35.4 Å². The Kier molecular flexibility index (Phi) is 4.39. The van der Waals surface area contributed by atoms with Gasteiger partial charge >= 0.3 is 0 Å². The first-order valence-electron chi connectivity index (χ1n) is 6.87. The minimum absolute atomic E-state index is 0.443. The van der Waals surface area contributed by atoms with Gasteiger partial charge in [-0.05, 0) is 37.8 Å². The lowest BCUT2D eigenvalue weighted by Gasteiger charge is -2.30. The topological polar surface area (TPSA) is 12.0 Å². The number of aryl methyl sites for hydroxylation is 1. The van der Waals surface area contributed by atoms with Crippen molar-refractivity contribution >= 4 is 11.8 Å². The van der Waals surface area contributed by atoms with Crippen LogP contribution in [0.1, 0.15) is 37.8 Å². The maximum atomic E-state index is 3.53. The van der Waals surface area contributed by atoms with Gasteiger partial charge in [-0.25, -0.2) is 0 Å². The quantitative estimate of drug-likeness (QED) is 0.881. The first-order valence-corrected chi connectivity index (χ1v) is 7.92. The zero-order valence-corrected chi connectivity index (χ0v) is 12.8. The summed E-state index contributed by atoms with van der Waals surface area (Å²) >= 11 is 2.12. The van der Waals surface area contributed by atoms with E-state index in [0.717, 1.165) is 11.0 Å². The Labute approximate surface area is 116 Å². The van der Waals surface area contributed by atoms with Crippen molar-refractivity contribution in [3.63, 3.8) is 0 Å². The second-order valence-corrected chi connectivity index (χ2v) is 7.36. The van der Waals surface area contributed by atoms with Gasteiger partial charge in [-0.3, -0.25) is 0 Å². The van der Waals surface area contributed by atoms with Crippen LogP contribution < -0.4 is 5.32 Å². The molecule has 1 saturated carbocycles. The molecule has 100 valence electrons. The average molecular weight is 263 g/mol. The van der Waals surface area contributed by atoms with Gasteiger partial charge in [-0.2, -0.15) is 11.8 Å². The fourth-order valence-corrected chi connectivity index (χ4v) is 4.67. The van der Waals surface area contributed by atoms with E-state index >= 15 is 0 Å². The molecule has 18 heavy (non-hydrogen) atoms. The summed E-state index contributed by atoms with van der Waals surface area (Å²) in [6, 6.07) is 9.53. The Balaban J connectivity index is 1.95. The lowest BCUT2D eigenvalue weighted by Crippen LogP contribution is -2.41. The van der Waals surface area contributed by atoms with E-state index in [1.54, 1.807) is 0 Å². The standard InChI is InChI=1S/C16H25NS/c1-12-6-5-7-13(10-12)11-18-14-8-9-16(2,3)15(14)17-4/h5-7,10,14-15,17H,8-9,11H2,1-4H3. The highest BCUT2D eigenvalue weighted by atomic mass is 32.2. The Hall–Kier alpha value is -0.470. The van der Waals surface area contributed by atoms with E-state index < -0.39 is 0 Å². The molecule has 0 amide bonds. The summed E-state index contributed by atoms with van der Waals surface area (Å²) in [7, 11) is 2.11. The van der Waals surface area contributed by atoms with Crippen LogP contribution >= 0.6 is 11.8 Å². The van der Waals surface area contributed by atoms with Crippen LogP contribution in [-0.2, 0) is 5.75 Å². The van der Waals surface area contributed by atoms with Crippen LogP contribution in [0.15, 0.2) is 24.3 Å². The summed E-state index contributed by atoms with van der Waals surface area (Å²) in [5.74, 6) is 1.14. The van der Waals surface area contributed by atoms with E-state index in [1.165, 1.54) is 24.0 Å². The highest BCUT2D eigenvalue weighted by Crippen LogP contribution is 2.43. The lowest BCUT2D eigenvalue weighted by molar-refractivity contribution is 0.300. The highest BCUT2D eigenvalue weighted by Gasteiger charge is 2.40. The number of hydrogen-bond donors (Lipinski definition) is 1. The third kappa shape index (κ3) is 3.10. The number of hydrogen-bond acceptors (Lipinski definition) is 2. The van der Waals surface area contributed by atoms with Gasteiger partial charge in [-0.1, -0.05) is 43.7 Å². The molecule has 0 saturated heterocycles. The monoisotopic (exact) mass is 263 g/mol. The summed E-state index contributed by atoms with van der Waals surface area (Å²) in [4.78, 5) is 0. The average Bonchev–Trinajstić information content (AvgIpc) is 2.61. The van der Waals surface area contributed by atoms with Crippen molar-refractivity contribution in [2.75, 3.05) is 7.05 Å².